The Hall–Kier alpha value is -3.06. The first kappa shape index (κ1) is 26.0. The molecule has 4 N–H and O–H groups in total. The summed E-state index contributed by atoms with van der Waals surface area (Å²) in [6.45, 7) is 0.636. The van der Waals surface area contributed by atoms with Crippen LogP contribution in [0.15, 0.2) is 12.3 Å². The van der Waals surface area contributed by atoms with Crippen LogP contribution in [0.4, 0.5) is 10.6 Å². The Labute approximate surface area is 176 Å². The molecule has 1 aromatic heterocycles. The van der Waals surface area contributed by atoms with Crippen molar-refractivity contribution in [3.05, 3.63) is 23.4 Å². The van der Waals surface area contributed by atoms with Gasteiger partial charge in [0.2, 0.25) is 12.7 Å². The van der Waals surface area contributed by atoms with Gasteiger partial charge in [0.15, 0.2) is 0 Å². The maximum Gasteiger partial charge on any atom is 0.472 e. The van der Waals surface area contributed by atoms with Crippen LogP contribution < -0.4 is 4.90 Å². The number of amides is 2. The summed E-state index contributed by atoms with van der Waals surface area (Å²) in [6.07, 6.45) is -0.320. The van der Waals surface area contributed by atoms with Crippen molar-refractivity contribution in [2.45, 2.75) is 20.4 Å². The lowest BCUT2D eigenvalue weighted by molar-refractivity contribution is -0.138. The average molecular weight is 463 g/mol. The van der Waals surface area contributed by atoms with Gasteiger partial charge in [0.1, 0.15) is 12.4 Å². The largest absolute Gasteiger partial charge is 0.480 e. The highest BCUT2D eigenvalue weighted by Gasteiger charge is 2.26. The van der Waals surface area contributed by atoms with E-state index in [0.29, 0.717) is 4.90 Å². The fourth-order valence-electron chi connectivity index (χ4n) is 2.32. The molecule has 0 radical (unpaired) electrons. The summed E-state index contributed by atoms with van der Waals surface area (Å²) in [7, 11) is -3.56. The summed E-state index contributed by atoms with van der Waals surface area (Å²) in [5.41, 5.74) is -0.261. The van der Waals surface area contributed by atoms with Crippen LogP contribution >= 0.6 is 7.82 Å². The van der Waals surface area contributed by atoms with Crippen LogP contribution in [-0.4, -0.2) is 74.2 Å². The first-order chi connectivity index (χ1) is 14.2. The van der Waals surface area contributed by atoms with Crippen molar-refractivity contribution >= 4 is 37.6 Å². The molecule has 14 nitrogen and oxygen atoms in total. The van der Waals surface area contributed by atoms with Gasteiger partial charge in [-0.05, 0) is 6.07 Å². The third kappa shape index (κ3) is 8.30. The van der Waals surface area contributed by atoms with Crippen molar-refractivity contribution in [3.63, 3.8) is 0 Å². The number of rotatable bonds is 10. The summed E-state index contributed by atoms with van der Waals surface area (Å²) >= 11 is 0. The van der Waals surface area contributed by atoms with Crippen LogP contribution in [-0.2, 0) is 30.0 Å². The van der Waals surface area contributed by atoms with Crippen molar-refractivity contribution in [2.75, 3.05) is 25.3 Å². The van der Waals surface area contributed by atoms with E-state index in [1.165, 1.54) is 7.05 Å². The molecular formula is C16H22N3O11P. The number of aromatic nitrogens is 1. The van der Waals surface area contributed by atoms with E-state index in [0.717, 1.165) is 17.2 Å². The number of carboxylic acid groups (broad SMARTS) is 2. The molecule has 1 rings (SSSR count). The number of hydrogen-bond donors (Lipinski definition) is 4. The number of hydrogen-bond acceptors (Lipinski definition) is 8. The molecule has 0 atom stereocenters. The van der Waals surface area contributed by atoms with Crippen molar-refractivity contribution in [3.8, 4) is 0 Å². The highest BCUT2D eigenvalue weighted by Crippen LogP contribution is 2.35. The zero-order chi connectivity index (χ0) is 23.9. The Morgan fingerprint density at radius 3 is 2.29 bits per heavy atom. The SMILES string of the molecule is CC(C)C(=O)N(C)c1ncc(C(=O)O)cc1CN(CC(=O)O)C(=O)OCOP(=O)(O)O. The molecule has 0 spiro atoms. The van der Waals surface area contributed by atoms with Crippen molar-refractivity contribution in [2.24, 2.45) is 5.92 Å². The van der Waals surface area contributed by atoms with Crippen LogP contribution in [0.5, 0.6) is 0 Å². The fourth-order valence-corrected chi connectivity index (χ4v) is 2.51. The topological polar surface area (TPSA) is 204 Å². The first-order valence-electron chi connectivity index (χ1n) is 8.56. The molecule has 0 aliphatic carbocycles. The van der Waals surface area contributed by atoms with E-state index in [-0.39, 0.29) is 22.9 Å². The van der Waals surface area contributed by atoms with Gasteiger partial charge in [0, 0.05) is 24.7 Å². The minimum atomic E-state index is -4.94. The molecule has 0 fully saturated rings. The van der Waals surface area contributed by atoms with Gasteiger partial charge >= 0.3 is 25.9 Å². The van der Waals surface area contributed by atoms with E-state index in [4.69, 9.17) is 14.9 Å². The molecule has 0 aliphatic rings. The normalized spacial score (nSPS) is 11.2. The predicted octanol–water partition coefficient (Wildman–Crippen LogP) is 0.489. The van der Waals surface area contributed by atoms with E-state index >= 15 is 0 Å². The second kappa shape index (κ2) is 10.8. The molecule has 0 unspecified atom stereocenters. The second-order valence-electron chi connectivity index (χ2n) is 6.46. The minimum absolute atomic E-state index is 0.0154. The molecule has 1 aromatic rings. The van der Waals surface area contributed by atoms with Crippen LogP contribution in [0.25, 0.3) is 0 Å². The standard InChI is InChI=1S/C16H22N3O11P/c1-9(2)14(22)18(3)13-11(4-10(5-17-13)15(23)24)6-19(7-12(20)21)16(25)29-8-30-31(26,27)28/h4-5,9H,6-8H2,1-3H3,(H,20,21)(H,23,24)(H2,26,27,28). The highest BCUT2D eigenvalue weighted by atomic mass is 31.2. The summed E-state index contributed by atoms with van der Waals surface area (Å²) < 4.78 is 19.2. The third-order valence-electron chi connectivity index (χ3n) is 3.68. The number of carbonyl (C=O) groups is 4. The smallest absolute Gasteiger partial charge is 0.472 e. The molecule has 0 saturated heterocycles. The summed E-state index contributed by atoms with van der Waals surface area (Å²) in [5, 5.41) is 18.3. The molecule has 0 aromatic carbocycles. The minimum Gasteiger partial charge on any atom is -0.480 e. The Bertz CT molecular complexity index is 899. The van der Waals surface area contributed by atoms with E-state index in [9.17, 15) is 28.8 Å². The molecule has 2 amide bonds. The van der Waals surface area contributed by atoms with Crippen molar-refractivity contribution in [1.82, 2.24) is 9.88 Å². The van der Waals surface area contributed by atoms with Gasteiger partial charge in [-0.1, -0.05) is 13.8 Å². The van der Waals surface area contributed by atoms with E-state index < -0.39 is 51.7 Å². The molecule has 15 heteroatoms. The van der Waals surface area contributed by atoms with Crippen LogP contribution in [0.1, 0.15) is 29.8 Å². The molecular weight excluding hydrogens is 441 g/mol. The Balaban J connectivity index is 3.26. The number of aromatic carboxylic acids is 1. The lowest BCUT2D eigenvalue weighted by Crippen LogP contribution is -2.37. The molecule has 0 saturated carbocycles. The van der Waals surface area contributed by atoms with Gasteiger partial charge in [-0.3, -0.25) is 19.4 Å². The highest BCUT2D eigenvalue weighted by molar-refractivity contribution is 7.46. The van der Waals surface area contributed by atoms with Crippen LogP contribution in [0.2, 0.25) is 0 Å². The van der Waals surface area contributed by atoms with Gasteiger partial charge in [-0.2, -0.15) is 0 Å². The maximum atomic E-state index is 12.3. The van der Waals surface area contributed by atoms with Gasteiger partial charge in [0.05, 0.1) is 12.1 Å². The lowest BCUT2D eigenvalue weighted by atomic mass is 10.1. The van der Waals surface area contributed by atoms with Gasteiger partial charge < -0.3 is 24.7 Å². The van der Waals surface area contributed by atoms with Crippen molar-refractivity contribution < 1.29 is 53.0 Å². The Morgan fingerprint density at radius 2 is 1.81 bits per heavy atom. The first-order valence-corrected chi connectivity index (χ1v) is 10.1. The van der Waals surface area contributed by atoms with E-state index in [1.807, 2.05) is 0 Å². The number of nitrogens with zero attached hydrogens (tertiary/aromatic N) is 3. The number of carbonyl (C=O) groups excluding carboxylic acids is 2. The fraction of sp³-hybridized carbons (Fsp3) is 0.438. The zero-order valence-electron chi connectivity index (χ0n) is 16.8. The monoisotopic (exact) mass is 463 g/mol. The van der Waals surface area contributed by atoms with Gasteiger partial charge in [-0.25, -0.2) is 23.7 Å². The molecule has 1 heterocycles. The molecule has 0 aliphatic heterocycles. The Kier molecular flexibility index (Phi) is 9.06. The number of pyridine rings is 1. The molecule has 172 valence electrons. The van der Waals surface area contributed by atoms with Gasteiger partial charge in [0.25, 0.3) is 0 Å². The van der Waals surface area contributed by atoms with Crippen LogP contribution in [0.3, 0.4) is 0 Å². The summed E-state index contributed by atoms with van der Waals surface area (Å²) in [5.74, 6) is -3.63. The van der Waals surface area contributed by atoms with Gasteiger partial charge in [-0.15, -0.1) is 0 Å². The predicted molar refractivity (Wildman–Crippen MR) is 102 cm³/mol. The van der Waals surface area contributed by atoms with E-state index in [1.54, 1.807) is 13.8 Å². The van der Waals surface area contributed by atoms with E-state index in [2.05, 4.69) is 14.2 Å². The second-order valence-corrected chi connectivity index (χ2v) is 7.70. The maximum absolute atomic E-state index is 12.3. The van der Waals surface area contributed by atoms with Crippen LogP contribution in [0, 0.1) is 5.92 Å². The average Bonchev–Trinajstić information content (AvgIpc) is 2.64. The lowest BCUT2D eigenvalue weighted by Gasteiger charge is -2.25. The number of anilines is 1. The Morgan fingerprint density at radius 1 is 1.19 bits per heavy atom. The molecule has 31 heavy (non-hydrogen) atoms. The number of carboxylic acids is 2. The number of phosphoric ester groups is 1. The zero-order valence-corrected chi connectivity index (χ0v) is 17.7. The summed E-state index contributed by atoms with van der Waals surface area (Å²) in [4.78, 5) is 69.9. The number of aliphatic carboxylic acids is 1. The summed E-state index contributed by atoms with van der Waals surface area (Å²) in [6, 6.07) is 1.11. The number of phosphoric acid groups is 1. The van der Waals surface area contributed by atoms with Crippen molar-refractivity contribution in [1.29, 1.82) is 0 Å². The quantitative estimate of drug-likeness (QED) is 0.276. The number of ether oxygens (including phenoxy) is 1. The third-order valence-corrected chi connectivity index (χ3v) is 4.12. The molecule has 0 bridgehead atoms.